The average Bonchev–Trinajstić information content (AvgIpc) is 2.28. The zero-order valence-electron chi connectivity index (χ0n) is 10.1. The Morgan fingerprint density at radius 2 is 2.35 bits per heavy atom. The van der Waals surface area contributed by atoms with E-state index in [1.54, 1.807) is 0 Å². The fourth-order valence-corrected chi connectivity index (χ4v) is 2.15. The van der Waals surface area contributed by atoms with Gasteiger partial charge in [-0.25, -0.2) is 0 Å². The van der Waals surface area contributed by atoms with Gasteiger partial charge in [-0.3, -0.25) is 4.79 Å². The fraction of sp³-hybridized carbons (Fsp3) is 0.500. The van der Waals surface area contributed by atoms with Crippen LogP contribution in [0.4, 0.5) is 0 Å². The van der Waals surface area contributed by atoms with Crippen molar-refractivity contribution in [2.45, 2.75) is 45.1 Å². The highest BCUT2D eigenvalue weighted by molar-refractivity contribution is 5.66. The van der Waals surface area contributed by atoms with Crippen LogP contribution in [0, 0.1) is 0 Å². The van der Waals surface area contributed by atoms with E-state index >= 15 is 0 Å². The van der Waals surface area contributed by atoms with Crippen LogP contribution >= 0.6 is 0 Å². The van der Waals surface area contributed by atoms with Crippen molar-refractivity contribution < 1.29 is 14.6 Å². The quantitative estimate of drug-likeness (QED) is 0.871. The van der Waals surface area contributed by atoms with Crippen molar-refractivity contribution in [1.82, 2.24) is 0 Å². The van der Waals surface area contributed by atoms with Gasteiger partial charge in [-0.15, -0.1) is 0 Å². The van der Waals surface area contributed by atoms with Crippen molar-refractivity contribution in [2.24, 2.45) is 0 Å². The second kappa shape index (κ2) is 5.21. The van der Waals surface area contributed by atoms with Gasteiger partial charge in [0.05, 0.1) is 6.10 Å². The van der Waals surface area contributed by atoms with Crippen LogP contribution < -0.4 is 4.74 Å². The summed E-state index contributed by atoms with van der Waals surface area (Å²) in [4.78, 5) is 10.4. The molecule has 0 bridgehead atoms. The molecule has 0 aromatic heterocycles. The minimum atomic E-state index is -0.729. The Hall–Kier alpha value is -1.51. The molecule has 3 heteroatoms. The van der Waals surface area contributed by atoms with Gasteiger partial charge in [0.25, 0.3) is 0 Å². The summed E-state index contributed by atoms with van der Waals surface area (Å²) in [6, 6.07) is 6.25. The third kappa shape index (κ3) is 3.22. The van der Waals surface area contributed by atoms with Gasteiger partial charge in [0, 0.05) is 6.42 Å². The Balaban J connectivity index is 2.00. The van der Waals surface area contributed by atoms with E-state index < -0.39 is 5.97 Å². The Bertz CT molecular complexity index is 412. The Labute approximate surface area is 101 Å². The van der Waals surface area contributed by atoms with Crippen LogP contribution in [0.15, 0.2) is 18.2 Å². The molecule has 92 valence electrons. The average molecular weight is 234 g/mol. The van der Waals surface area contributed by atoms with Gasteiger partial charge in [0.15, 0.2) is 0 Å². The number of benzene rings is 1. The number of aryl methyl sites for hydroxylation is 2. The minimum absolute atomic E-state index is 0.231. The second-order valence-corrected chi connectivity index (χ2v) is 4.66. The molecule has 17 heavy (non-hydrogen) atoms. The molecule has 1 aromatic rings. The Morgan fingerprint density at radius 1 is 1.53 bits per heavy atom. The number of carboxylic acids is 1. The molecule has 0 fully saturated rings. The molecule has 2 rings (SSSR count). The summed E-state index contributed by atoms with van der Waals surface area (Å²) in [5, 5.41) is 8.59. The summed E-state index contributed by atoms with van der Waals surface area (Å²) in [5.74, 6) is 0.254. The van der Waals surface area contributed by atoms with E-state index in [2.05, 4.69) is 25.1 Å². The molecular weight excluding hydrogens is 216 g/mol. The molecule has 1 aliphatic heterocycles. The zero-order chi connectivity index (χ0) is 12.3. The van der Waals surface area contributed by atoms with Crippen LogP contribution in [-0.2, 0) is 17.6 Å². The van der Waals surface area contributed by atoms with Gasteiger partial charge in [-0.2, -0.15) is 0 Å². The highest BCUT2D eigenvalue weighted by atomic mass is 16.5. The van der Waals surface area contributed by atoms with Crippen LogP contribution in [0.5, 0.6) is 5.75 Å². The molecule has 1 aromatic carbocycles. The lowest BCUT2D eigenvalue weighted by Gasteiger charge is -2.23. The first-order valence-corrected chi connectivity index (χ1v) is 6.15. The lowest BCUT2D eigenvalue weighted by atomic mass is 9.99. The molecule has 0 saturated heterocycles. The van der Waals surface area contributed by atoms with Crippen molar-refractivity contribution in [1.29, 1.82) is 0 Å². The first-order valence-electron chi connectivity index (χ1n) is 6.15. The van der Waals surface area contributed by atoms with E-state index in [0.29, 0.717) is 6.42 Å². The number of hydrogen-bond donors (Lipinski definition) is 1. The highest BCUT2D eigenvalue weighted by Crippen LogP contribution is 2.28. The van der Waals surface area contributed by atoms with Crippen LogP contribution in [0.1, 0.15) is 37.3 Å². The molecule has 1 unspecified atom stereocenters. The summed E-state index contributed by atoms with van der Waals surface area (Å²) < 4.78 is 5.78. The fourth-order valence-electron chi connectivity index (χ4n) is 2.15. The summed E-state index contributed by atoms with van der Waals surface area (Å²) in [6.07, 6.45) is 4.16. The zero-order valence-corrected chi connectivity index (χ0v) is 10.1. The largest absolute Gasteiger partial charge is 0.490 e. The van der Waals surface area contributed by atoms with E-state index in [0.717, 1.165) is 25.0 Å². The van der Waals surface area contributed by atoms with E-state index in [9.17, 15) is 4.79 Å². The first-order chi connectivity index (χ1) is 8.15. The monoisotopic (exact) mass is 234 g/mol. The van der Waals surface area contributed by atoms with Crippen molar-refractivity contribution in [3.8, 4) is 5.75 Å². The summed E-state index contributed by atoms with van der Waals surface area (Å²) in [5.41, 5.74) is 2.43. The van der Waals surface area contributed by atoms with Crippen molar-refractivity contribution in [2.75, 3.05) is 0 Å². The molecule has 0 radical (unpaired) electrons. The minimum Gasteiger partial charge on any atom is -0.490 e. The number of carboxylic acid groups (broad SMARTS) is 1. The van der Waals surface area contributed by atoms with Gasteiger partial charge in [-0.1, -0.05) is 12.1 Å². The lowest BCUT2D eigenvalue weighted by molar-refractivity contribution is -0.137. The maximum atomic E-state index is 10.4. The maximum absolute atomic E-state index is 10.4. The summed E-state index contributed by atoms with van der Waals surface area (Å²) in [6.45, 7) is 2.08. The van der Waals surface area contributed by atoms with Gasteiger partial charge >= 0.3 is 5.97 Å². The molecule has 1 N–H and O–H groups in total. The topological polar surface area (TPSA) is 46.5 Å². The predicted octanol–water partition coefficient (Wildman–Crippen LogP) is 2.81. The smallest absolute Gasteiger partial charge is 0.303 e. The third-order valence-corrected chi connectivity index (χ3v) is 3.14. The Morgan fingerprint density at radius 3 is 3.12 bits per heavy atom. The number of hydrogen-bond acceptors (Lipinski definition) is 2. The van der Waals surface area contributed by atoms with Gasteiger partial charge in [0.2, 0.25) is 0 Å². The summed E-state index contributed by atoms with van der Waals surface area (Å²) in [7, 11) is 0. The standard InChI is InChI=1S/C14H18O3/c1-10-5-7-12-8-6-11(9-13(12)17-10)3-2-4-14(15)16/h6,8-10H,2-5,7H2,1H3,(H,15,16). The van der Waals surface area contributed by atoms with E-state index in [1.165, 1.54) is 11.1 Å². The number of carbonyl (C=O) groups is 1. The number of ether oxygens (including phenoxy) is 1. The van der Waals surface area contributed by atoms with Gasteiger partial charge in [-0.05, 0) is 49.8 Å². The number of rotatable bonds is 4. The van der Waals surface area contributed by atoms with Crippen LogP contribution in [0.25, 0.3) is 0 Å². The number of fused-ring (bicyclic) bond motifs is 1. The third-order valence-electron chi connectivity index (χ3n) is 3.14. The molecule has 0 spiro atoms. The number of aliphatic carboxylic acids is 1. The van der Waals surface area contributed by atoms with Crippen LogP contribution in [-0.4, -0.2) is 17.2 Å². The van der Waals surface area contributed by atoms with Crippen LogP contribution in [0.3, 0.4) is 0 Å². The molecular formula is C14H18O3. The second-order valence-electron chi connectivity index (χ2n) is 4.66. The Kier molecular flexibility index (Phi) is 3.67. The van der Waals surface area contributed by atoms with Crippen molar-refractivity contribution in [3.05, 3.63) is 29.3 Å². The molecule has 3 nitrogen and oxygen atoms in total. The van der Waals surface area contributed by atoms with Crippen molar-refractivity contribution >= 4 is 5.97 Å². The van der Waals surface area contributed by atoms with Gasteiger partial charge < -0.3 is 9.84 Å². The maximum Gasteiger partial charge on any atom is 0.303 e. The van der Waals surface area contributed by atoms with Gasteiger partial charge in [0.1, 0.15) is 5.75 Å². The molecule has 1 atom stereocenters. The SMILES string of the molecule is CC1CCc2ccc(CCCC(=O)O)cc2O1. The first kappa shape index (κ1) is 12.0. The van der Waals surface area contributed by atoms with E-state index in [-0.39, 0.29) is 12.5 Å². The normalized spacial score (nSPS) is 18.3. The molecule has 0 saturated carbocycles. The molecule has 0 aliphatic carbocycles. The van der Waals surface area contributed by atoms with E-state index in [4.69, 9.17) is 9.84 Å². The lowest BCUT2D eigenvalue weighted by Crippen LogP contribution is -2.18. The van der Waals surface area contributed by atoms with Crippen LogP contribution in [0.2, 0.25) is 0 Å². The molecule has 1 heterocycles. The van der Waals surface area contributed by atoms with Crippen molar-refractivity contribution in [3.63, 3.8) is 0 Å². The summed E-state index contributed by atoms with van der Waals surface area (Å²) >= 11 is 0. The molecule has 1 aliphatic rings. The van der Waals surface area contributed by atoms with E-state index in [1.807, 2.05) is 0 Å². The predicted molar refractivity (Wildman–Crippen MR) is 65.4 cm³/mol. The highest BCUT2D eigenvalue weighted by Gasteiger charge is 2.15. The molecule has 0 amide bonds.